The fourth-order valence-corrected chi connectivity index (χ4v) is 3.10. The molecule has 1 aromatic rings. The third kappa shape index (κ3) is 3.41. The van der Waals surface area contributed by atoms with Gasteiger partial charge in [-0.2, -0.15) is 0 Å². The van der Waals surface area contributed by atoms with Crippen molar-refractivity contribution < 1.29 is 14.3 Å². The highest BCUT2D eigenvalue weighted by atomic mass is 16.5. The van der Waals surface area contributed by atoms with Gasteiger partial charge in [0.1, 0.15) is 11.8 Å². The summed E-state index contributed by atoms with van der Waals surface area (Å²) in [7, 11) is 0. The first-order chi connectivity index (χ1) is 11.0. The first-order valence-corrected chi connectivity index (χ1v) is 8.11. The maximum atomic E-state index is 12.5. The van der Waals surface area contributed by atoms with E-state index in [0.29, 0.717) is 26.2 Å². The zero-order valence-corrected chi connectivity index (χ0v) is 13.7. The van der Waals surface area contributed by atoms with Crippen molar-refractivity contribution in [3.05, 3.63) is 23.8 Å². The molecule has 124 valence electrons. The zero-order valence-electron chi connectivity index (χ0n) is 13.7. The SMILES string of the molecule is CC(=O)N1CCN(C(=O)C(C)Nc2ccc3c(c2)CCO3)CC1. The molecule has 6 heteroatoms. The first-order valence-electron chi connectivity index (χ1n) is 8.11. The van der Waals surface area contributed by atoms with E-state index in [1.165, 1.54) is 5.56 Å². The molecular formula is C17H23N3O3. The van der Waals surface area contributed by atoms with Crippen molar-refractivity contribution in [2.75, 3.05) is 38.1 Å². The Morgan fingerprint density at radius 3 is 2.57 bits per heavy atom. The van der Waals surface area contributed by atoms with Gasteiger partial charge in [-0.25, -0.2) is 0 Å². The molecule has 23 heavy (non-hydrogen) atoms. The number of anilines is 1. The number of hydrogen-bond acceptors (Lipinski definition) is 4. The van der Waals surface area contributed by atoms with Crippen LogP contribution in [0.4, 0.5) is 5.69 Å². The number of nitrogens with one attached hydrogen (secondary N) is 1. The van der Waals surface area contributed by atoms with Crippen molar-refractivity contribution in [3.8, 4) is 5.75 Å². The summed E-state index contributed by atoms with van der Waals surface area (Å²) in [4.78, 5) is 27.5. The van der Waals surface area contributed by atoms with E-state index in [4.69, 9.17) is 4.74 Å². The third-order valence-corrected chi connectivity index (χ3v) is 4.48. The minimum atomic E-state index is -0.292. The molecule has 2 aliphatic heterocycles. The van der Waals surface area contributed by atoms with E-state index in [1.807, 2.05) is 24.0 Å². The smallest absolute Gasteiger partial charge is 0.244 e. The van der Waals surface area contributed by atoms with Crippen molar-refractivity contribution in [2.24, 2.45) is 0 Å². The minimum absolute atomic E-state index is 0.0728. The number of fused-ring (bicyclic) bond motifs is 1. The number of rotatable bonds is 3. The third-order valence-electron chi connectivity index (χ3n) is 4.48. The number of benzene rings is 1. The molecule has 1 aromatic carbocycles. The Hall–Kier alpha value is -2.24. The molecule has 3 rings (SSSR count). The lowest BCUT2D eigenvalue weighted by Crippen LogP contribution is -2.53. The maximum absolute atomic E-state index is 12.5. The second kappa shape index (κ2) is 6.48. The normalized spacial score (nSPS) is 18.2. The largest absolute Gasteiger partial charge is 0.493 e. The van der Waals surface area contributed by atoms with Crippen LogP contribution in [-0.2, 0) is 16.0 Å². The van der Waals surface area contributed by atoms with Crippen LogP contribution in [0.3, 0.4) is 0 Å². The van der Waals surface area contributed by atoms with Gasteiger partial charge in [0.05, 0.1) is 6.61 Å². The highest BCUT2D eigenvalue weighted by Crippen LogP contribution is 2.28. The van der Waals surface area contributed by atoms with Crippen LogP contribution in [0.2, 0.25) is 0 Å². The summed E-state index contributed by atoms with van der Waals surface area (Å²) in [5.41, 5.74) is 2.13. The number of carbonyl (C=O) groups excluding carboxylic acids is 2. The van der Waals surface area contributed by atoms with Crippen LogP contribution in [0.25, 0.3) is 0 Å². The van der Waals surface area contributed by atoms with Crippen molar-refractivity contribution in [2.45, 2.75) is 26.3 Å². The van der Waals surface area contributed by atoms with Crippen LogP contribution < -0.4 is 10.1 Å². The molecular weight excluding hydrogens is 294 g/mol. The lowest BCUT2D eigenvalue weighted by molar-refractivity contribution is -0.138. The lowest BCUT2D eigenvalue weighted by Gasteiger charge is -2.35. The van der Waals surface area contributed by atoms with Crippen LogP contribution in [-0.4, -0.2) is 60.4 Å². The molecule has 0 aromatic heterocycles. The summed E-state index contributed by atoms with van der Waals surface area (Å²) in [5, 5.41) is 3.28. The van der Waals surface area contributed by atoms with Crippen molar-refractivity contribution in [1.82, 2.24) is 9.80 Å². The van der Waals surface area contributed by atoms with Gasteiger partial charge < -0.3 is 19.9 Å². The van der Waals surface area contributed by atoms with Gasteiger partial charge in [-0.05, 0) is 30.7 Å². The van der Waals surface area contributed by atoms with E-state index in [-0.39, 0.29) is 17.9 Å². The molecule has 0 radical (unpaired) electrons. The van der Waals surface area contributed by atoms with Crippen LogP contribution in [0.1, 0.15) is 19.4 Å². The Labute approximate surface area is 136 Å². The first kappa shape index (κ1) is 15.6. The van der Waals surface area contributed by atoms with Gasteiger partial charge in [0.2, 0.25) is 11.8 Å². The molecule has 6 nitrogen and oxygen atoms in total. The maximum Gasteiger partial charge on any atom is 0.244 e. The van der Waals surface area contributed by atoms with Crippen LogP contribution in [0, 0.1) is 0 Å². The van der Waals surface area contributed by atoms with E-state index < -0.39 is 0 Å². The molecule has 1 N–H and O–H groups in total. The molecule has 0 saturated carbocycles. The zero-order chi connectivity index (χ0) is 16.4. The Morgan fingerprint density at radius 1 is 1.17 bits per heavy atom. The van der Waals surface area contributed by atoms with Gasteiger partial charge in [0, 0.05) is 45.2 Å². The minimum Gasteiger partial charge on any atom is -0.493 e. The van der Waals surface area contributed by atoms with Gasteiger partial charge >= 0.3 is 0 Å². The van der Waals surface area contributed by atoms with Crippen molar-refractivity contribution in [3.63, 3.8) is 0 Å². The molecule has 1 atom stereocenters. The number of piperazine rings is 1. The van der Waals surface area contributed by atoms with Gasteiger partial charge in [-0.15, -0.1) is 0 Å². The van der Waals surface area contributed by atoms with E-state index in [9.17, 15) is 9.59 Å². The van der Waals surface area contributed by atoms with Crippen molar-refractivity contribution >= 4 is 17.5 Å². The highest BCUT2D eigenvalue weighted by molar-refractivity contribution is 5.84. The van der Waals surface area contributed by atoms with Gasteiger partial charge in [0.25, 0.3) is 0 Å². The van der Waals surface area contributed by atoms with Crippen LogP contribution in [0.15, 0.2) is 18.2 Å². The molecule has 2 amide bonds. The number of ether oxygens (including phenoxy) is 1. The Bertz CT molecular complexity index is 609. The predicted octanol–water partition coefficient (Wildman–Crippen LogP) is 1.11. The molecule has 0 bridgehead atoms. The average Bonchev–Trinajstić information content (AvgIpc) is 3.01. The van der Waals surface area contributed by atoms with Gasteiger partial charge in [-0.3, -0.25) is 9.59 Å². The fourth-order valence-electron chi connectivity index (χ4n) is 3.10. The van der Waals surface area contributed by atoms with Crippen molar-refractivity contribution in [1.29, 1.82) is 0 Å². The van der Waals surface area contributed by atoms with Crippen LogP contribution >= 0.6 is 0 Å². The summed E-state index contributed by atoms with van der Waals surface area (Å²) in [6.07, 6.45) is 0.917. The standard InChI is InChI=1S/C17H23N3O3/c1-12(17(22)20-8-6-19(7-9-20)13(2)21)18-15-3-4-16-14(11-15)5-10-23-16/h3-4,11-12,18H,5-10H2,1-2H3. The second-order valence-corrected chi connectivity index (χ2v) is 6.12. The molecule has 2 heterocycles. The summed E-state index contributed by atoms with van der Waals surface area (Å²) >= 11 is 0. The molecule has 1 unspecified atom stereocenters. The fraction of sp³-hybridized carbons (Fsp3) is 0.529. The topological polar surface area (TPSA) is 61.9 Å². The number of hydrogen-bond donors (Lipinski definition) is 1. The van der Waals surface area contributed by atoms with Gasteiger partial charge in [-0.1, -0.05) is 0 Å². The molecule has 2 aliphatic rings. The van der Waals surface area contributed by atoms with E-state index in [1.54, 1.807) is 11.8 Å². The monoisotopic (exact) mass is 317 g/mol. The average molecular weight is 317 g/mol. The second-order valence-electron chi connectivity index (χ2n) is 6.12. The number of carbonyl (C=O) groups is 2. The molecule has 0 spiro atoms. The van der Waals surface area contributed by atoms with E-state index in [0.717, 1.165) is 24.5 Å². The van der Waals surface area contributed by atoms with E-state index in [2.05, 4.69) is 11.4 Å². The highest BCUT2D eigenvalue weighted by Gasteiger charge is 2.26. The van der Waals surface area contributed by atoms with E-state index >= 15 is 0 Å². The predicted molar refractivity (Wildman–Crippen MR) is 87.6 cm³/mol. The summed E-state index contributed by atoms with van der Waals surface area (Å²) < 4.78 is 5.50. The molecule has 1 fully saturated rings. The number of amides is 2. The summed E-state index contributed by atoms with van der Waals surface area (Å²) in [6, 6.07) is 5.66. The molecule has 0 aliphatic carbocycles. The Morgan fingerprint density at radius 2 is 1.87 bits per heavy atom. The lowest BCUT2D eigenvalue weighted by atomic mass is 10.1. The molecule has 1 saturated heterocycles. The van der Waals surface area contributed by atoms with Gasteiger partial charge in [0.15, 0.2) is 0 Å². The summed E-state index contributed by atoms with van der Waals surface area (Å²) in [5.74, 6) is 1.09. The number of nitrogens with zero attached hydrogens (tertiary/aromatic N) is 2. The Kier molecular flexibility index (Phi) is 4.41. The quantitative estimate of drug-likeness (QED) is 0.907. The summed E-state index contributed by atoms with van der Waals surface area (Å²) in [6.45, 7) is 6.61. The Balaban J connectivity index is 1.57. The van der Waals surface area contributed by atoms with Crippen LogP contribution in [0.5, 0.6) is 5.75 Å².